The first-order valence-corrected chi connectivity index (χ1v) is 8.90. The van der Waals surface area contributed by atoms with Gasteiger partial charge in [0.2, 0.25) is 0 Å². The number of rotatable bonds is 6. The molecule has 3 rings (SSSR count). The number of hydrogen-bond acceptors (Lipinski definition) is 2. The van der Waals surface area contributed by atoms with E-state index in [9.17, 15) is 0 Å². The maximum atomic E-state index is 2.77. The molecule has 2 aliphatic rings. The molecule has 2 heterocycles. The van der Waals surface area contributed by atoms with Crippen molar-refractivity contribution >= 4 is 0 Å². The summed E-state index contributed by atoms with van der Waals surface area (Å²) in [7, 11) is 0. The Bertz CT molecular complexity index is 431. The van der Waals surface area contributed by atoms with Gasteiger partial charge in [-0.1, -0.05) is 20.3 Å². The van der Waals surface area contributed by atoms with Crippen LogP contribution in [-0.4, -0.2) is 46.6 Å². The van der Waals surface area contributed by atoms with Gasteiger partial charge < -0.3 is 9.47 Å². The fourth-order valence-corrected chi connectivity index (χ4v) is 3.83. The standard InChI is InChI=1S/C18H31N3/c1-3-19(4-2)12-10-16-13-20-11-6-9-18(20)15-21(14-16)17-7-5-8-17/h6,9,11,16-17H,3-5,7-8,10,12-15H2,1-2H3. The van der Waals surface area contributed by atoms with E-state index < -0.39 is 0 Å². The highest BCUT2D eigenvalue weighted by atomic mass is 15.2. The minimum atomic E-state index is 0.805. The summed E-state index contributed by atoms with van der Waals surface area (Å²) in [5, 5.41) is 0. The van der Waals surface area contributed by atoms with Crippen LogP contribution in [0.3, 0.4) is 0 Å². The molecule has 0 amide bonds. The lowest BCUT2D eigenvalue weighted by Gasteiger charge is -2.38. The summed E-state index contributed by atoms with van der Waals surface area (Å²) in [6.45, 7) is 11.9. The first-order valence-electron chi connectivity index (χ1n) is 8.90. The van der Waals surface area contributed by atoms with E-state index in [1.807, 2.05) is 0 Å². The van der Waals surface area contributed by atoms with Gasteiger partial charge in [0.1, 0.15) is 0 Å². The topological polar surface area (TPSA) is 11.4 Å². The van der Waals surface area contributed by atoms with E-state index in [0.717, 1.165) is 12.0 Å². The Labute approximate surface area is 129 Å². The summed E-state index contributed by atoms with van der Waals surface area (Å²) in [5.41, 5.74) is 1.52. The average molecular weight is 289 g/mol. The normalized spacial score (nSPS) is 23.9. The Kier molecular flexibility index (Phi) is 5.02. The lowest BCUT2D eigenvalue weighted by atomic mass is 9.90. The van der Waals surface area contributed by atoms with Crippen molar-refractivity contribution in [2.75, 3.05) is 26.2 Å². The monoisotopic (exact) mass is 289 g/mol. The molecule has 21 heavy (non-hydrogen) atoms. The van der Waals surface area contributed by atoms with Gasteiger partial charge in [-0.3, -0.25) is 4.90 Å². The quantitative estimate of drug-likeness (QED) is 0.797. The number of nitrogens with zero attached hydrogens (tertiary/aromatic N) is 3. The van der Waals surface area contributed by atoms with E-state index >= 15 is 0 Å². The second-order valence-electron chi connectivity index (χ2n) is 6.85. The molecular formula is C18H31N3. The second kappa shape index (κ2) is 6.97. The summed E-state index contributed by atoms with van der Waals surface area (Å²) in [6.07, 6.45) is 7.89. The SMILES string of the molecule is CCN(CC)CCC1CN(C2CCC2)Cc2cccn2C1. The smallest absolute Gasteiger partial charge is 0.0390 e. The lowest BCUT2D eigenvalue weighted by molar-refractivity contribution is 0.0990. The highest BCUT2D eigenvalue weighted by Crippen LogP contribution is 2.30. The van der Waals surface area contributed by atoms with Crippen LogP contribution in [0.15, 0.2) is 18.3 Å². The van der Waals surface area contributed by atoms with Crippen molar-refractivity contribution in [1.29, 1.82) is 0 Å². The van der Waals surface area contributed by atoms with E-state index in [-0.39, 0.29) is 0 Å². The number of fused-ring (bicyclic) bond motifs is 1. The molecule has 1 aromatic heterocycles. The van der Waals surface area contributed by atoms with Crippen LogP contribution in [-0.2, 0) is 13.1 Å². The molecule has 1 aromatic rings. The summed E-state index contributed by atoms with van der Waals surface area (Å²) in [4.78, 5) is 5.34. The Morgan fingerprint density at radius 3 is 2.67 bits per heavy atom. The minimum absolute atomic E-state index is 0.805. The van der Waals surface area contributed by atoms with Crippen molar-refractivity contribution in [3.05, 3.63) is 24.0 Å². The van der Waals surface area contributed by atoms with Crippen LogP contribution in [0, 0.1) is 5.92 Å². The summed E-state index contributed by atoms with van der Waals surface area (Å²) >= 11 is 0. The molecule has 1 aliphatic heterocycles. The molecule has 0 bridgehead atoms. The molecule has 0 aromatic carbocycles. The van der Waals surface area contributed by atoms with Crippen LogP contribution in [0.2, 0.25) is 0 Å². The van der Waals surface area contributed by atoms with E-state index in [1.165, 1.54) is 70.6 Å². The van der Waals surface area contributed by atoms with Crippen LogP contribution >= 0.6 is 0 Å². The van der Waals surface area contributed by atoms with Gasteiger partial charge in [-0.2, -0.15) is 0 Å². The zero-order valence-corrected chi connectivity index (χ0v) is 13.8. The van der Waals surface area contributed by atoms with Gasteiger partial charge in [0.25, 0.3) is 0 Å². The molecule has 0 spiro atoms. The molecule has 1 atom stereocenters. The second-order valence-corrected chi connectivity index (χ2v) is 6.85. The third kappa shape index (κ3) is 3.51. The molecule has 0 N–H and O–H groups in total. The average Bonchev–Trinajstić information content (AvgIpc) is 2.78. The van der Waals surface area contributed by atoms with Gasteiger partial charge in [-0.25, -0.2) is 0 Å². The van der Waals surface area contributed by atoms with Crippen molar-refractivity contribution in [3.8, 4) is 0 Å². The van der Waals surface area contributed by atoms with Gasteiger partial charge in [-0.05, 0) is 56.9 Å². The lowest BCUT2D eigenvalue weighted by Crippen LogP contribution is -2.42. The van der Waals surface area contributed by atoms with Crippen molar-refractivity contribution < 1.29 is 0 Å². The fraction of sp³-hybridized carbons (Fsp3) is 0.778. The van der Waals surface area contributed by atoms with Crippen molar-refractivity contribution in [2.24, 2.45) is 5.92 Å². The number of hydrogen-bond donors (Lipinski definition) is 0. The van der Waals surface area contributed by atoms with Crippen molar-refractivity contribution in [2.45, 2.75) is 58.7 Å². The maximum Gasteiger partial charge on any atom is 0.0390 e. The zero-order chi connectivity index (χ0) is 14.7. The zero-order valence-electron chi connectivity index (χ0n) is 13.8. The molecule has 3 heteroatoms. The minimum Gasteiger partial charge on any atom is -0.350 e. The van der Waals surface area contributed by atoms with Crippen LogP contribution in [0.5, 0.6) is 0 Å². The Balaban J connectivity index is 1.65. The number of aromatic nitrogens is 1. The summed E-state index contributed by atoms with van der Waals surface area (Å²) < 4.78 is 2.51. The van der Waals surface area contributed by atoms with E-state index in [2.05, 4.69) is 46.5 Å². The van der Waals surface area contributed by atoms with Gasteiger partial charge in [-0.15, -0.1) is 0 Å². The summed E-state index contributed by atoms with van der Waals surface area (Å²) in [6, 6.07) is 5.40. The Morgan fingerprint density at radius 1 is 1.19 bits per heavy atom. The molecule has 1 fully saturated rings. The van der Waals surface area contributed by atoms with Crippen LogP contribution in [0.1, 0.15) is 45.2 Å². The van der Waals surface area contributed by atoms with E-state index in [4.69, 9.17) is 0 Å². The highest BCUT2D eigenvalue weighted by Gasteiger charge is 2.30. The van der Waals surface area contributed by atoms with Crippen LogP contribution in [0.4, 0.5) is 0 Å². The maximum absolute atomic E-state index is 2.77. The predicted molar refractivity (Wildman–Crippen MR) is 88.4 cm³/mol. The van der Waals surface area contributed by atoms with Crippen LogP contribution < -0.4 is 0 Å². The van der Waals surface area contributed by atoms with Crippen molar-refractivity contribution in [3.63, 3.8) is 0 Å². The van der Waals surface area contributed by atoms with Gasteiger partial charge >= 0.3 is 0 Å². The molecular weight excluding hydrogens is 258 g/mol. The molecule has 3 nitrogen and oxygen atoms in total. The molecule has 1 aliphatic carbocycles. The third-order valence-corrected chi connectivity index (χ3v) is 5.58. The van der Waals surface area contributed by atoms with Gasteiger partial charge in [0.05, 0.1) is 0 Å². The highest BCUT2D eigenvalue weighted by molar-refractivity contribution is 5.09. The van der Waals surface area contributed by atoms with Gasteiger partial charge in [0.15, 0.2) is 0 Å². The predicted octanol–water partition coefficient (Wildman–Crippen LogP) is 3.20. The fourth-order valence-electron chi connectivity index (χ4n) is 3.83. The Hall–Kier alpha value is -0.800. The first kappa shape index (κ1) is 15.1. The largest absolute Gasteiger partial charge is 0.350 e. The van der Waals surface area contributed by atoms with E-state index in [0.29, 0.717) is 0 Å². The molecule has 118 valence electrons. The molecule has 0 saturated heterocycles. The van der Waals surface area contributed by atoms with E-state index in [1.54, 1.807) is 0 Å². The van der Waals surface area contributed by atoms with Crippen LogP contribution in [0.25, 0.3) is 0 Å². The Morgan fingerprint density at radius 2 is 2.00 bits per heavy atom. The summed E-state index contributed by atoms with van der Waals surface area (Å²) in [5.74, 6) is 0.805. The molecule has 1 unspecified atom stereocenters. The van der Waals surface area contributed by atoms with Gasteiger partial charge in [0, 0.05) is 37.6 Å². The molecule has 0 radical (unpaired) electrons. The molecule has 1 saturated carbocycles. The van der Waals surface area contributed by atoms with Crippen molar-refractivity contribution in [1.82, 2.24) is 14.4 Å². The third-order valence-electron chi connectivity index (χ3n) is 5.58. The first-order chi connectivity index (χ1) is 10.3.